The molecule has 0 aliphatic heterocycles. The summed E-state index contributed by atoms with van der Waals surface area (Å²) in [5, 5.41) is 12.1. The SMILES string of the molecule is CCc1sc(C(C)Nc2ccc(C#N)cn2)cc1C. The Hall–Kier alpha value is -1.86. The van der Waals surface area contributed by atoms with Crippen LogP contribution in [0.2, 0.25) is 0 Å². The standard InChI is InChI=1S/C15H17N3S/c1-4-13-10(2)7-14(19-13)11(3)18-15-6-5-12(8-16)9-17-15/h5-7,9,11H,4H2,1-3H3,(H,17,18). The number of aromatic nitrogens is 1. The molecule has 0 aliphatic rings. The van der Waals surface area contributed by atoms with E-state index in [-0.39, 0.29) is 6.04 Å². The highest BCUT2D eigenvalue weighted by molar-refractivity contribution is 7.12. The van der Waals surface area contributed by atoms with Gasteiger partial charge in [-0.1, -0.05) is 6.92 Å². The van der Waals surface area contributed by atoms with E-state index in [4.69, 9.17) is 5.26 Å². The average Bonchev–Trinajstić information content (AvgIpc) is 2.81. The lowest BCUT2D eigenvalue weighted by Gasteiger charge is -2.12. The maximum atomic E-state index is 8.74. The van der Waals surface area contributed by atoms with Crippen LogP contribution < -0.4 is 5.32 Å². The fourth-order valence-electron chi connectivity index (χ4n) is 1.95. The number of nitriles is 1. The molecule has 1 atom stereocenters. The fourth-order valence-corrected chi connectivity index (χ4v) is 3.07. The van der Waals surface area contributed by atoms with Crippen molar-refractivity contribution in [2.24, 2.45) is 0 Å². The highest BCUT2D eigenvalue weighted by Gasteiger charge is 2.11. The van der Waals surface area contributed by atoms with Crippen molar-refractivity contribution in [3.8, 4) is 6.07 Å². The number of anilines is 1. The molecule has 0 aromatic carbocycles. The van der Waals surface area contributed by atoms with Crippen LogP contribution in [0.15, 0.2) is 24.4 Å². The summed E-state index contributed by atoms with van der Waals surface area (Å²) in [6.07, 6.45) is 2.67. The zero-order valence-electron chi connectivity index (χ0n) is 11.4. The quantitative estimate of drug-likeness (QED) is 0.912. The smallest absolute Gasteiger partial charge is 0.126 e. The number of nitrogens with one attached hydrogen (secondary N) is 1. The molecule has 0 bridgehead atoms. The van der Waals surface area contributed by atoms with Gasteiger partial charge in [-0.05, 0) is 44.0 Å². The second-order valence-corrected chi connectivity index (χ2v) is 5.69. The Labute approximate surface area is 117 Å². The number of aryl methyl sites for hydroxylation is 2. The van der Waals surface area contributed by atoms with E-state index in [0.717, 1.165) is 12.2 Å². The first-order valence-electron chi connectivity index (χ1n) is 6.36. The molecule has 2 aromatic rings. The molecule has 0 saturated carbocycles. The monoisotopic (exact) mass is 271 g/mol. The van der Waals surface area contributed by atoms with Gasteiger partial charge in [-0.3, -0.25) is 0 Å². The van der Waals surface area contributed by atoms with Crippen LogP contribution in [0, 0.1) is 18.3 Å². The van der Waals surface area contributed by atoms with Crippen molar-refractivity contribution < 1.29 is 0 Å². The fraction of sp³-hybridized carbons (Fsp3) is 0.333. The Bertz CT molecular complexity index is 593. The third kappa shape index (κ3) is 3.12. The van der Waals surface area contributed by atoms with Gasteiger partial charge in [0.2, 0.25) is 0 Å². The summed E-state index contributed by atoms with van der Waals surface area (Å²) < 4.78 is 0. The maximum Gasteiger partial charge on any atom is 0.126 e. The van der Waals surface area contributed by atoms with Crippen LogP contribution in [0.1, 0.15) is 40.8 Å². The molecule has 0 amide bonds. The highest BCUT2D eigenvalue weighted by atomic mass is 32.1. The number of hydrogen-bond acceptors (Lipinski definition) is 4. The van der Waals surface area contributed by atoms with E-state index in [2.05, 4.69) is 43.2 Å². The molecule has 2 heterocycles. The molecule has 1 N–H and O–H groups in total. The first-order chi connectivity index (χ1) is 9.13. The Kier molecular flexibility index (Phi) is 4.18. The second-order valence-electron chi connectivity index (χ2n) is 4.52. The van der Waals surface area contributed by atoms with Gasteiger partial charge < -0.3 is 5.32 Å². The highest BCUT2D eigenvalue weighted by Crippen LogP contribution is 2.29. The van der Waals surface area contributed by atoms with Gasteiger partial charge in [-0.2, -0.15) is 5.26 Å². The third-order valence-corrected chi connectivity index (χ3v) is 4.61. The van der Waals surface area contributed by atoms with Gasteiger partial charge in [0.1, 0.15) is 11.9 Å². The number of hydrogen-bond donors (Lipinski definition) is 1. The normalized spacial score (nSPS) is 11.9. The van der Waals surface area contributed by atoms with E-state index in [1.54, 1.807) is 12.3 Å². The lowest BCUT2D eigenvalue weighted by atomic mass is 10.2. The van der Waals surface area contributed by atoms with E-state index in [1.807, 2.05) is 17.4 Å². The van der Waals surface area contributed by atoms with E-state index < -0.39 is 0 Å². The van der Waals surface area contributed by atoms with Gasteiger partial charge in [0.15, 0.2) is 0 Å². The summed E-state index contributed by atoms with van der Waals surface area (Å²) in [5.74, 6) is 0.801. The molecule has 0 saturated heterocycles. The number of thiophene rings is 1. The summed E-state index contributed by atoms with van der Waals surface area (Å²) >= 11 is 1.85. The van der Waals surface area contributed by atoms with Crippen LogP contribution in [-0.4, -0.2) is 4.98 Å². The second kappa shape index (κ2) is 5.85. The van der Waals surface area contributed by atoms with Gasteiger partial charge in [-0.25, -0.2) is 4.98 Å². The average molecular weight is 271 g/mol. The van der Waals surface area contributed by atoms with Crippen LogP contribution in [-0.2, 0) is 6.42 Å². The zero-order chi connectivity index (χ0) is 13.8. The molecule has 0 aliphatic carbocycles. The number of pyridine rings is 1. The Morgan fingerprint density at radius 1 is 1.47 bits per heavy atom. The largest absolute Gasteiger partial charge is 0.363 e. The van der Waals surface area contributed by atoms with Crippen molar-refractivity contribution in [2.45, 2.75) is 33.2 Å². The van der Waals surface area contributed by atoms with Crippen molar-refractivity contribution in [1.82, 2.24) is 4.98 Å². The van der Waals surface area contributed by atoms with E-state index in [1.165, 1.54) is 15.3 Å². The lowest BCUT2D eigenvalue weighted by Crippen LogP contribution is -2.06. The van der Waals surface area contributed by atoms with E-state index >= 15 is 0 Å². The Morgan fingerprint density at radius 3 is 2.79 bits per heavy atom. The minimum atomic E-state index is 0.226. The Balaban J connectivity index is 2.11. The molecule has 2 aromatic heterocycles. The lowest BCUT2D eigenvalue weighted by molar-refractivity contribution is 0.895. The van der Waals surface area contributed by atoms with Crippen LogP contribution >= 0.6 is 11.3 Å². The first-order valence-corrected chi connectivity index (χ1v) is 7.17. The van der Waals surface area contributed by atoms with Crippen LogP contribution in [0.4, 0.5) is 5.82 Å². The van der Waals surface area contributed by atoms with Crippen molar-refractivity contribution in [3.63, 3.8) is 0 Å². The molecular weight excluding hydrogens is 254 g/mol. The van der Waals surface area contributed by atoms with Gasteiger partial charge in [0.25, 0.3) is 0 Å². The third-order valence-electron chi connectivity index (χ3n) is 3.04. The van der Waals surface area contributed by atoms with Crippen molar-refractivity contribution in [2.75, 3.05) is 5.32 Å². The molecule has 98 valence electrons. The summed E-state index contributed by atoms with van der Waals surface area (Å²) in [6.45, 7) is 6.47. The summed E-state index contributed by atoms with van der Waals surface area (Å²) in [6, 6.07) is 8.16. The minimum Gasteiger partial charge on any atom is -0.363 e. The topological polar surface area (TPSA) is 48.7 Å². The number of rotatable bonds is 4. The summed E-state index contributed by atoms with van der Waals surface area (Å²) in [7, 11) is 0. The molecule has 0 fully saturated rings. The first kappa shape index (κ1) is 13.6. The van der Waals surface area contributed by atoms with Crippen molar-refractivity contribution in [3.05, 3.63) is 45.3 Å². The molecule has 4 heteroatoms. The molecule has 0 radical (unpaired) electrons. The van der Waals surface area contributed by atoms with E-state index in [0.29, 0.717) is 5.56 Å². The molecule has 1 unspecified atom stereocenters. The summed E-state index contributed by atoms with van der Waals surface area (Å²) in [5.41, 5.74) is 1.95. The van der Waals surface area contributed by atoms with Gasteiger partial charge in [0.05, 0.1) is 11.6 Å². The molecule has 0 spiro atoms. The maximum absolute atomic E-state index is 8.74. The van der Waals surface area contributed by atoms with Crippen LogP contribution in [0.5, 0.6) is 0 Å². The zero-order valence-corrected chi connectivity index (χ0v) is 12.2. The predicted octanol–water partition coefficient (Wildman–Crippen LogP) is 4.06. The van der Waals surface area contributed by atoms with Gasteiger partial charge in [-0.15, -0.1) is 11.3 Å². The molecule has 2 rings (SSSR count). The van der Waals surface area contributed by atoms with Crippen molar-refractivity contribution in [1.29, 1.82) is 5.26 Å². The van der Waals surface area contributed by atoms with E-state index in [9.17, 15) is 0 Å². The minimum absolute atomic E-state index is 0.226. The molecule has 19 heavy (non-hydrogen) atoms. The predicted molar refractivity (Wildman–Crippen MR) is 79.4 cm³/mol. The van der Waals surface area contributed by atoms with Crippen LogP contribution in [0.3, 0.4) is 0 Å². The van der Waals surface area contributed by atoms with Crippen molar-refractivity contribution >= 4 is 17.2 Å². The number of nitrogens with zero attached hydrogens (tertiary/aromatic N) is 2. The van der Waals surface area contributed by atoms with Gasteiger partial charge >= 0.3 is 0 Å². The van der Waals surface area contributed by atoms with Gasteiger partial charge in [0, 0.05) is 16.0 Å². The van der Waals surface area contributed by atoms with Crippen LogP contribution in [0.25, 0.3) is 0 Å². The molecular formula is C15H17N3S. The summed E-state index contributed by atoms with van der Waals surface area (Å²) in [4.78, 5) is 7.00. The molecule has 3 nitrogen and oxygen atoms in total. The Morgan fingerprint density at radius 2 is 2.26 bits per heavy atom.